The molecule has 0 aliphatic carbocycles. The minimum Gasteiger partial charge on any atom is -0.496 e. The molecule has 0 amide bonds. The fourth-order valence-corrected chi connectivity index (χ4v) is 1.66. The number of nitrogens with zero attached hydrogens (tertiary/aromatic N) is 1. The van der Waals surface area contributed by atoms with E-state index in [-0.39, 0.29) is 0 Å². The molecule has 16 heavy (non-hydrogen) atoms. The molecule has 0 fully saturated rings. The number of rotatable bonds is 3. The van der Waals surface area contributed by atoms with Gasteiger partial charge in [0.1, 0.15) is 5.75 Å². The third kappa shape index (κ3) is 1.60. The highest BCUT2D eigenvalue weighted by atomic mass is 16.5. The van der Waals surface area contributed by atoms with E-state index >= 15 is 0 Å². The summed E-state index contributed by atoms with van der Waals surface area (Å²) in [4.78, 5) is 4.40. The van der Waals surface area contributed by atoms with Gasteiger partial charge in [0, 0.05) is 17.0 Å². The van der Waals surface area contributed by atoms with Crippen LogP contribution in [0.4, 0.5) is 0 Å². The Morgan fingerprint density at radius 3 is 2.69 bits per heavy atom. The lowest BCUT2D eigenvalue weighted by atomic mass is 10.1. The van der Waals surface area contributed by atoms with Crippen molar-refractivity contribution in [3.05, 3.63) is 36.4 Å². The quantitative estimate of drug-likeness (QED) is 0.788. The van der Waals surface area contributed by atoms with E-state index in [4.69, 9.17) is 9.47 Å². The summed E-state index contributed by atoms with van der Waals surface area (Å²) in [5, 5.41) is 0.959. The van der Waals surface area contributed by atoms with Gasteiger partial charge >= 0.3 is 0 Å². The Kier molecular flexibility index (Phi) is 2.77. The molecule has 0 bridgehead atoms. The molecule has 0 saturated carbocycles. The van der Waals surface area contributed by atoms with E-state index < -0.39 is 0 Å². The normalized spacial score (nSPS) is 10.1. The van der Waals surface area contributed by atoms with Crippen molar-refractivity contribution < 1.29 is 9.47 Å². The van der Waals surface area contributed by atoms with Crippen molar-refractivity contribution in [3.63, 3.8) is 0 Å². The lowest BCUT2D eigenvalue weighted by Crippen LogP contribution is -1.93. The Balaban J connectivity index is 2.83. The van der Waals surface area contributed by atoms with E-state index in [1.54, 1.807) is 26.4 Å². The third-order valence-corrected chi connectivity index (χ3v) is 2.46. The van der Waals surface area contributed by atoms with Crippen LogP contribution in [0.3, 0.4) is 0 Å². The average molecular weight is 215 g/mol. The first kappa shape index (κ1) is 10.5. The molecule has 0 aliphatic rings. The third-order valence-electron chi connectivity index (χ3n) is 2.46. The van der Waals surface area contributed by atoms with Crippen molar-refractivity contribution in [3.8, 4) is 11.6 Å². The van der Waals surface area contributed by atoms with Crippen LogP contribution in [0.15, 0.2) is 30.8 Å². The van der Waals surface area contributed by atoms with Crippen molar-refractivity contribution >= 4 is 17.0 Å². The first-order chi connectivity index (χ1) is 7.80. The van der Waals surface area contributed by atoms with E-state index in [1.807, 2.05) is 18.2 Å². The van der Waals surface area contributed by atoms with Crippen LogP contribution in [0.5, 0.6) is 11.6 Å². The smallest absolute Gasteiger partial charge is 0.217 e. The summed E-state index contributed by atoms with van der Waals surface area (Å²) in [6.45, 7) is 3.77. The van der Waals surface area contributed by atoms with E-state index in [0.29, 0.717) is 5.88 Å². The molecule has 0 saturated heterocycles. The fraction of sp³-hybridized carbons (Fsp3) is 0.154. The van der Waals surface area contributed by atoms with Gasteiger partial charge in [0.25, 0.3) is 0 Å². The number of methoxy groups -OCH3 is 2. The molecule has 3 heteroatoms. The highest BCUT2D eigenvalue weighted by molar-refractivity contribution is 5.92. The van der Waals surface area contributed by atoms with Gasteiger partial charge in [-0.05, 0) is 6.07 Å². The summed E-state index contributed by atoms with van der Waals surface area (Å²) in [6.07, 6.45) is 1.77. The second-order valence-corrected chi connectivity index (χ2v) is 3.31. The van der Waals surface area contributed by atoms with E-state index in [0.717, 1.165) is 22.2 Å². The number of hydrogen-bond donors (Lipinski definition) is 0. The van der Waals surface area contributed by atoms with E-state index in [2.05, 4.69) is 11.6 Å². The molecule has 0 spiro atoms. The first-order valence-corrected chi connectivity index (χ1v) is 4.94. The fourth-order valence-electron chi connectivity index (χ4n) is 1.66. The van der Waals surface area contributed by atoms with Gasteiger partial charge in [-0.3, -0.25) is 0 Å². The Bertz CT molecular complexity index is 535. The Morgan fingerprint density at radius 1 is 1.25 bits per heavy atom. The highest BCUT2D eigenvalue weighted by Gasteiger charge is 2.08. The number of benzene rings is 1. The van der Waals surface area contributed by atoms with Crippen molar-refractivity contribution in [1.82, 2.24) is 4.98 Å². The van der Waals surface area contributed by atoms with Gasteiger partial charge in [0.15, 0.2) is 0 Å². The SMILES string of the molecule is C=Cc1cccc2c(OC)cc(OC)nc12. The maximum atomic E-state index is 5.32. The van der Waals surface area contributed by atoms with Gasteiger partial charge in [0.05, 0.1) is 19.7 Å². The molecule has 82 valence electrons. The van der Waals surface area contributed by atoms with Gasteiger partial charge in [-0.15, -0.1) is 0 Å². The highest BCUT2D eigenvalue weighted by Crippen LogP contribution is 2.30. The zero-order chi connectivity index (χ0) is 11.5. The van der Waals surface area contributed by atoms with Crippen LogP contribution >= 0.6 is 0 Å². The first-order valence-electron chi connectivity index (χ1n) is 4.94. The molecule has 0 aliphatic heterocycles. The maximum absolute atomic E-state index is 5.32. The second kappa shape index (κ2) is 4.23. The van der Waals surface area contributed by atoms with Crippen LogP contribution in [0.2, 0.25) is 0 Å². The number of pyridine rings is 1. The number of fused-ring (bicyclic) bond motifs is 1. The molecule has 0 unspecified atom stereocenters. The molecule has 2 aromatic rings. The predicted octanol–water partition coefficient (Wildman–Crippen LogP) is 2.90. The van der Waals surface area contributed by atoms with Crippen molar-refractivity contribution in [2.75, 3.05) is 14.2 Å². The number of ether oxygens (including phenoxy) is 2. The molecule has 0 radical (unpaired) electrons. The molecular weight excluding hydrogens is 202 g/mol. The van der Waals surface area contributed by atoms with Gasteiger partial charge in [-0.25, -0.2) is 4.98 Å². The molecule has 1 aromatic heterocycles. The summed E-state index contributed by atoms with van der Waals surface area (Å²) < 4.78 is 10.5. The number of para-hydroxylation sites is 1. The van der Waals surface area contributed by atoms with Crippen LogP contribution in [-0.2, 0) is 0 Å². The summed E-state index contributed by atoms with van der Waals surface area (Å²) in [5.41, 5.74) is 1.81. The minimum atomic E-state index is 0.540. The van der Waals surface area contributed by atoms with Gasteiger partial charge in [0.2, 0.25) is 5.88 Å². The lowest BCUT2D eigenvalue weighted by Gasteiger charge is -2.09. The summed E-state index contributed by atoms with van der Waals surface area (Å²) in [7, 11) is 3.22. The minimum absolute atomic E-state index is 0.540. The molecule has 1 heterocycles. The Hall–Kier alpha value is -2.03. The standard InChI is InChI=1S/C13H13NO2/c1-4-9-6-5-7-10-11(15-2)8-12(16-3)14-13(9)10/h4-8H,1H2,2-3H3. The molecular formula is C13H13NO2. The summed E-state index contributed by atoms with van der Waals surface area (Å²) in [5.74, 6) is 1.30. The van der Waals surface area contributed by atoms with Gasteiger partial charge in [-0.2, -0.15) is 0 Å². The lowest BCUT2D eigenvalue weighted by molar-refractivity contribution is 0.386. The zero-order valence-electron chi connectivity index (χ0n) is 9.36. The summed E-state index contributed by atoms with van der Waals surface area (Å²) in [6, 6.07) is 7.65. The van der Waals surface area contributed by atoms with Crippen LogP contribution in [0.25, 0.3) is 17.0 Å². The van der Waals surface area contributed by atoms with Crippen molar-refractivity contribution in [1.29, 1.82) is 0 Å². The average Bonchev–Trinajstić information content (AvgIpc) is 2.36. The van der Waals surface area contributed by atoms with Crippen LogP contribution in [-0.4, -0.2) is 19.2 Å². The van der Waals surface area contributed by atoms with E-state index in [9.17, 15) is 0 Å². The number of aromatic nitrogens is 1. The van der Waals surface area contributed by atoms with Crippen LogP contribution in [0, 0.1) is 0 Å². The van der Waals surface area contributed by atoms with Crippen LogP contribution in [0.1, 0.15) is 5.56 Å². The van der Waals surface area contributed by atoms with Gasteiger partial charge in [-0.1, -0.05) is 24.8 Å². The molecule has 3 nitrogen and oxygen atoms in total. The molecule has 1 aromatic carbocycles. The Labute approximate surface area is 94.3 Å². The predicted molar refractivity (Wildman–Crippen MR) is 64.9 cm³/mol. The van der Waals surface area contributed by atoms with Crippen LogP contribution < -0.4 is 9.47 Å². The molecule has 0 N–H and O–H groups in total. The monoisotopic (exact) mass is 215 g/mol. The van der Waals surface area contributed by atoms with Crippen molar-refractivity contribution in [2.45, 2.75) is 0 Å². The van der Waals surface area contributed by atoms with Gasteiger partial charge < -0.3 is 9.47 Å². The molecule has 2 rings (SSSR count). The zero-order valence-corrected chi connectivity index (χ0v) is 9.36. The molecule has 0 atom stereocenters. The topological polar surface area (TPSA) is 31.4 Å². The summed E-state index contributed by atoms with van der Waals surface area (Å²) >= 11 is 0. The largest absolute Gasteiger partial charge is 0.496 e. The second-order valence-electron chi connectivity index (χ2n) is 3.31. The van der Waals surface area contributed by atoms with E-state index in [1.165, 1.54) is 0 Å². The van der Waals surface area contributed by atoms with Crippen molar-refractivity contribution in [2.24, 2.45) is 0 Å². The Morgan fingerprint density at radius 2 is 2.06 bits per heavy atom. The number of hydrogen-bond acceptors (Lipinski definition) is 3. The maximum Gasteiger partial charge on any atom is 0.217 e.